The number of rotatable bonds is 8. The molecule has 0 bridgehead atoms. The van der Waals surface area contributed by atoms with Crippen molar-refractivity contribution in [3.05, 3.63) is 11.9 Å². The molecular formula is C11H22N4S. The molecule has 1 N–H and O–H groups in total. The third kappa shape index (κ3) is 3.79. The summed E-state index contributed by atoms with van der Waals surface area (Å²) in [7, 11) is 2.00. The highest BCUT2D eigenvalue weighted by Crippen LogP contribution is 2.17. The zero-order valence-corrected chi connectivity index (χ0v) is 11.3. The summed E-state index contributed by atoms with van der Waals surface area (Å²) in [5.74, 6) is 2.30. The molecule has 0 saturated heterocycles. The third-order valence-corrected chi connectivity index (χ3v) is 3.69. The van der Waals surface area contributed by atoms with Crippen LogP contribution in [0.25, 0.3) is 0 Å². The van der Waals surface area contributed by atoms with Gasteiger partial charge in [0, 0.05) is 12.3 Å². The predicted octanol–water partition coefficient (Wildman–Crippen LogP) is 2.09. The Morgan fingerprint density at radius 3 is 2.88 bits per heavy atom. The minimum absolute atomic E-state index is 0.359. The fourth-order valence-electron chi connectivity index (χ4n) is 1.58. The van der Waals surface area contributed by atoms with Gasteiger partial charge in [-0.1, -0.05) is 19.1 Å². The van der Waals surface area contributed by atoms with Crippen molar-refractivity contribution in [1.29, 1.82) is 0 Å². The molecular weight excluding hydrogens is 220 g/mol. The highest BCUT2D eigenvalue weighted by molar-refractivity contribution is 7.99. The monoisotopic (exact) mass is 242 g/mol. The van der Waals surface area contributed by atoms with Crippen LogP contribution in [0.3, 0.4) is 0 Å². The second kappa shape index (κ2) is 7.68. The molecule has 0 radical (unpaired) electrons. The minimum Gasteiger partial charge on any atom is -0.311 e. The standard InChI is InChI=1S/C11H22N4S/c1-4-6-15-11(8-13-14-15)10(12-3)9-16-7-5-2/h8,10,12H,4-7,9H2,1-3H3. The van der Waals surface area contributed by atoms with Gasteiger partial charge in [0.25, 0.3) is 0 Å². The zero-order valence-electron chi connectivity index (χ0n) is 10.4. The fourth-order valence-corrected chi connectivity index (χ4v) is 2.61. The minimum atomic E-state index is 0.359. The first-order valence-corrected chi connectivity index (χ1v) is 7.12. The summed E-state index contributed by atoms with van der Waals surface area (Å²) in [5.41, 5.74) is 1.20. The van der Waals surface area contributed by atoms with Gasteiger partial charge < -0.3 is 5.32 Å². The van der Waals surface area contributed by atoms with E-state index in [1.165, 1.54) is 17.9 Å². The van der Waals surface area contributed by atoms with Crippen molar-refractivity contribution in [1.82, 2.24) is 20.3 Å². The van der Waals surface area contributed by atoms with E-state index in [0.29, 0.717) is 6.04 Å². The van der Waals surface area contributed by atoms with E-state index in [1.54, 1.807) is 0 Å². The second-order valence-electron chi connectivity index (χ2n) is 3.80. The summed E-state index contributed by atoms with van der Waals surface area (Å²) in [6.45, 7) is 5.32. The molecule has 1 aromatic heterocycles. The summed E-state index contributed by atoms with van der Waals surface area (Å²) >= 11 is 1.98. The summed E-state index contributed by atoms with van der Waals surface area (Å²) in [6.07, 6.45) is 4.20. The van der Waals surface area contributed by atoms with E-state index < -0.39 is 0 Å². The second-order valence-corrected chi connectivity index (χ2v) is 4.95. The number of aromatic nitrogens is 3. The maximum Gasteiger partial charge on any atom is 0.0764 e. The van der Waals surface area contributed by atoms with Crippen LogP contribution in [-0.2, 0) is 6.54 Å². The van der Waals surface area contributed by atoms with Gasteiger partial charge >= 0.3 is 0 Å². The lowest BCUT2D eigenvalue weighted by Crippen LogP contribution is -2.22. The molecule has 92 valence electrons. The van der Waals surface area contributed by atoms with Crippen LogP contribution in [0.5, 0.6) is 0 Å². The molecule has 0 fully saturated rings. The first kappa shape index (κ1) is 13.5. The zero-order chi connectivity index (χ0) is 11.8. The van der Waals surface area contributed by atoms with Crippen molar-refractivity contribution in [2.24, 2.45) is 0 Å². The maximum absolute atomic E-state index is 4.12. The lowest BCUT2D eigenvalue weighted by Gasteiger charge is -2.16. The third-order valence-electron chi connectivity index (χ3n) is 2.42. The van der Waals surface area contributed by atoms with Crippen molar-refractivity contribution in [3.63, 3.8) is 0 Å². The first-order chi connectivity index (χ1) is 7.83. The van der Waals surface area contributed by atoms with Gasteiger partial charge in [0.2, 0.25) is 0 Å². The molecule has 4 nitrogen and oxygen atoms in total. The van der Waals surface area contributed by atoms with E-state index in [9.17, 15) is 0 Å². The van der Waals surface area contributed by atoms with Crippen LogP contribution in [0.1, 0.15) is 38.4 Å². The van der Waals surface area contributed by atoms with E-state index in [4.69, 9.17) is 0 Å². The van der Waals surface area contributed by atoms with Crippen LogP contribution >= 0.6 is 11.8 Å². The van der Waals surface area contributed by atoms with Crippen LogP contribution in [0.4, 0.5) is 0 Å². The smallest absolute Gasteiger partial charge is 0.0764 e. The number of thioether (sulfide) groups is 1. The molecule has 0 amide bonds. The molecule has 1 atom stereocenters. The van der Waals surface area contributed by atoms with Gasteiger partial charge in [0.15, 0.2) is 0 Å². The van der Waals surface area contributed by atoms with Gasteiger partial charge in [-0.3, -0.25) is 0 Å². The van der Waals surface area contributed by atoms with Crippen LogP contribution < -0.4 is 5.32 Å². The largest absolute Gasteiger partial charge is 0.311 e. The molecule has 0 aliphatic carbocycles. The Balaban J connectivity index is 2.59. The lowest BCUT2D eigenvalue weighted by atomic mass is 10.2. The summed E-state index contributed by atoms with van der Waals surface area (Å²) in [5, 5.41) is 11.5. The Morgan fingerprint density at radius 1 is 1.44 bits per heavy atom. The van der Waals surface area contributed by atoms with Gasteiger partial charge in [0.05, 0.1) is 17.9 Å². The SMILES string of the molecule is CCCSCC(NC)c1cnnn1CCC. The van der Waals surface area contributed by atoms with E-state index in [1.807, 2.05) is 29.7 Å². The molecule has 0 aromatic carbocycles. The highest BCUT2D eigenvalue weighted by Gasteiger charge is 2.14. The molecule has 1 aromatic rings. The van der Waals surface area contributed by atoms with E-state index in [-0.39, 0.29) is 0 Å². The van der Waals surface area contributed by atoms with E-state index in [2.05, 4.69) is 29.5 Å². The first-order valence-electron chi connectivity index (χ1n) is 5.96. The topological polar surface area (TPSA) is 42.7 Å². The number of nitrogens with one attached hydrogen (secondary N) is 1. The van der Waals surface area contributed by atoms with Gasteiger partial charge in [0.1, 0.15) is 0 Å². The average molecular weight is 242 g/mol. The van der Waals surface area contributed by atoms with Crippen LogP contribution in [0, 0.1) is 0 Å². The number of aryl methyl sites for hydroxylation is 1. The molecule has 0 aliphatic heterocycles. The molecule has 5 heteroatoms. The maximum atomic E-state index is 4.12. The summed E-state index contributed by atoms with van der Waals surface area (Å²) in [6, 6.07) is 0.359. The van der Waals surface area contributed by atoms with Crippen LogP contribution in [0.15, 0.2) is 6.20 Å². The number of nitrogens with zero attached hydrogens (tertiary/aromatic N) is 3. The van der Waals surface area contributed by atoms with Gasteiger partial charge in [-0.15, -0.1) is 5.10 Å². The molecule has 1 rings (SSSR count). The fraction of sp³-hybridized carbons (Fsp3) is 0.818. The Labute approximate surface area is 102 Å². The molecule has 0 saturated carbocycles. The Kier molecular flexibility index (Phi) is 6.49. The summed E-state index contributed by atoms with van der Waals surface area (Å²) < 4.78 is 2.01. The summed E-state index contributed by atoms with van der Waals surface area (Å²) in [4.78, 5) is 0. The van der Waals surface area contributed by atoms with E-state index in [0.717, 1.165) is 18.7 Å². The van der Waals surface area contributed by atoms with Crippen LogP contribution in [-0.4, -0.2) is 33.5 Å². The van der Waals surface area contributed by atoms with Crippen molar-refractivity contribution in [3.8, 4) is 0 Å². The number of hydrogen-bond donors (Lipinski definition) is 1. The van der Waals surface area contributed by atoms with Gasteiger partial charge in [-0.25, -0.2) is 4.68 Å². The van der Waals surface area contributed by atoms with E-state index >= 15 is 0 Å². The van der Waals surface area contributed by atoms with Crippen LogP contribution in [0.2, 0.25) is 0 Å². The normalized spacial score (nSPS) is 12.9. The van der Waals surface area contributed by atoms with Crippen molar-refractivity contribution in [2.75, 3.05) is 18.6 Å². The van der Waals surface area contributed by atoms with Gasteiger partial charge in [-0.05, 0) is 25.6 Å². The average Bonchev–Trinajstić information content (AvgIpc) is 2.73. The molecule has 16 heavy (non-hydrogen) atoms. The van der Waals surface area contributed by atoms with Crippen molar-refractivity contribution >= 4 is 11.8 Å². The van der Waals surface area contributed by atoms with Crippen molar-refractivity contribution in [2.45, 2.75) is 39.3 Å². The number of hydrogen-bond acceptors (Lipinski definition) is 4. The quantitative estimate of drug-likeness (QED) is 0.709. The molecule has 0 spiro atoms. The Bertz CT molecular complexity index is 287. The Hall–Kier alpha value is -0.550. The van der Waals surface area contributed by atoms with Crippen molar-refractivity contribution < 1.29 is 0 Å². The lowest BCUT2D eigenvalue weighted by molar-refractivity contribution is 0.514. The molecule has 1 unspecified atom stereocenters. The molecule has 1 heterocycles. The van der Waals surface area contributed by atoms with Gasteiger partial charge in [-0.2, -0.15) is 11.8 Å². The Morgan fingerprint density at radius 2 is 2.25 bits per heavy atom. The highest BCUT2D eigenvalue weighted by atomic mass is 32.2. The predicted molar refractivity (Wildman–Crippen MR) is 69.7 cm³/mol. The molecule has 0 aliphatic rings.